The molecule has 0 aromatic carbocycles. The zero-order valence-electron chi connectivity index (χ0n) is 16.8. The summed E-state index contributed by atoms with van der Waals surface area (Å²) in [5.41, 5.74) is 0.668. The van der Waals surface area contributed by atoms with Gasteiger partial charge in [-0.1, -0.05) is 13.8 Å². The Morgan fingerprint density at radius 2 is 1.96 bits per heavy atom. The zero-order valence-corrected chi connectivity index (χ0v) is 16.8. The number of aromatic amines is 1. The number of aromatic nitrogens is 2. The van der Waals surface area contributed by atoms with Crippen LogP contribution in [0.25, 0.3) is 0 Å². The lowest BCUT2D eigenvalue weighted by molar-refractivity contribution is -0.136. The minimum atomic E-state index is -0.733. The van der Waals surface area contributed by atoms with Crippen LogP contribution in [0, 0.1) is 11.8 Å². The van der Waals surface area contributed by atoms with Gasteiger partial charge in [0.2, 0.25) is 17.7 Å². The average molecular weight is 391 g/mol. The fraction of sp³-hybridized carbons (Fsp3) is 0.632. The van der Waals surface area contributed by atoms with Crippen molar-refractivity contribution >= 4 is 23.5 Å². The second-order valence-electron chi connectivity index (χ2n) is 7.63. The third kappa shape index (κ3) is 5.64. The molecule has 1 saturated heterocycles. The molecule has 2 heterocycles. The maximum atomic E-state index is 12.9. The third-order valence-corrected chi connectivity index (χ3v) is 4.92. The maximum absolute atomic E-state index is 12.9. The van der Waals surface area contributed by atoms with E-state index in [1.807, 2.05) is 13.8 Å². The first-order chi connectivity index (χ1) is 13.2. The number of amides is 3. The van der Waals surface area contributed by atoms with Gasteiger partial charge in [-0.15, -0.1) is 0 Å². The molecule has 3 atom stereocenters. The Bertz CT molecular complexity index is 716. The summed E-state index contributed by atoms with van der Waals surface area (Å²) in [6, 6.07) is -1.26. The lowest BCUT2D eigenvalue weighted by atomic mass is 9.99. The van der Waals surface area contributed by atoms with Crippen molar-refractivity contribution in [2.75, 3.05) is 13.1 Å². The molecule has 0 aliphatic carbocycles. The number of H-pyrrole nitrogens is 1. The van der Waals surface area contributed by atoms with Crippen molar-refractivity contribution in [2.24, 2.45) is 11.8 Å². The smallest absolute Gasteiger partial charge is 0.245 e. The Morgan fingerprint density at radius 3 is 2.50 bits per heavy atom. The van der Waals surface area contributed by atoms with Crippen molar-refractivity contribution in [1.82, 2.24) is 25.5 Å². The minimum Gasteiger partial charge on any atom is -0.351 e. The Balaban J connectivity index is 1.99. The Morgan fingerprint density at radius 1 is 1.25 bits per heavy atom. The van der Waals surface area contributed by atoms with Crippen LogP contribution in [0.2, 0.25) is 0 Å². The van der Waals surface area contributed by atoms with Crippen molar-refractivity contribution in [3.05, 3.63) is 18.2 Å². The maximum Gasteiger partial charge on any atom is 0.245 e. The van der Waals surface area contributed by atoms with Gasteiger partial charge in [0.1, 0.15) is 6.04 Å². The van der Waals surface area contributed by atoms with E-state index in [0.29, 0.717) is 18.7 Å². The van der Waals surface area contributed by atoms with Gasteiger partial charge in [0.05, 0.1) is 24.0 Å². The largest absolute Gasteiger partial charge is 0.351 e. The number of hydrogen-bond donors (Lipinski definition) is 3. The average Bonchev–Trinajstić information content (AvgIpc) is 3.29. The fourth-order valence-corrected chi connectivity index (χ4v) is 3.46. The molecule has 2 rings (SSSR count). The minimum absolute atomic E-state index is 0.00131. The van der Waals surface area contributed by atoms with Crippen molar-refractivity contribution in [2.45, 2.75) is 52.6 Å². The van der Waals surface area contributed by atoms with Crippen LogP contribution >= 0.6 is 0 Å². The van der Waals surface area contributed by atoms with Crippen molar-refractivity contribution < 1.29 is 19.2 Å². The van der Waals surface area contributed by atoms with E-state index in [1.165, 1.54) is 20.2 Å². The summed E-state index contributed by atoms with van der Waals surface area (Å²) < 4.78 is 0. The van der Waals surface area contributed by atoms with Crippen LogP contribution < -0.4 is 10.6 Å². The number of imidazole rings is 1. The number of carbonyl (C=O) groups excluding carboxylic acids is 4. The summed E-state index contributed by atoms with van der Waals surface area (Å²) in [4.78, 5) is 57.2. The van der Waals surface area contributed by atoms with Gasteiger partial charge < -0.3 is 20.5 Å². The van der Waals surface area contributed by atoms with Crippen LogP contribution in [0.5, 0.6) is 0 Å². The molecular weight excluding hydrogens is 362 g/mol. The number of likely N-dealkylation sites (tertiary alicyclic amines) is 1. The topological polar surface area (TPSA) is 124 Å². The number of hydrogen-bond acceptors (Lipinski definition) is 5. The molecular formula is C19H29N5O4. The predicted octanol–water partition coefficient (Wildman–Crippen LogP) is 0.0352. The monoisotopic (exact) mass is 391 g/mol. The summed E-state index contributed by atoms with van der Waals surface area (Å²) >= 11 is 0. The highest BCUT2D eigenvalue weighted by Gasteiger charge is 2.36. The molecule has 0 radical (unpaired) electrons. The second-order valence-corrected chi connectivity index (χ2v) is 7.63. The molecule has 9 nitrogen and oxygen atoms in total. The molecule has 1 aromatic rings. The molecule has 3 amide bonds. The number of nitrogens with one attached hydrogen (secondary N) is 3. The van der Waals surface area contributed by atoms with Gasteiger partial charge in [0, 0.05) is 32.6 Å². The third-order valence-electron chi connectivity index (χ3n) is 4.92. The van der Waals surface area contributed by atoms with E-state index in [-0.39, 0.29) is 48.3 Å². The summed E-state index contributed by atoms with van der Waals surface area (Å²) in [7, 11) is 0. The molecule has 1 fully saturated rings. The number of carbonyl (C=O) groups is 4. The van der Waals surface area contributed by atoms with E-state index < -0.39 is 12.1 Å². The Kier molecular flexibility index (Phi) is 7.31. The van der Waals surface area contributed by atoms with E-state index in [0.717, 1.165) is 0 Å². The fourth-order valence-electron chi connectivity index (χ4n) is 3.46. The summed E-state index contributed by atoms with van der Waals surface area (Å²) in [5, 5.41) is 5.48. The van der Waals surface area contributed by atoms with Gasteiger partial charge in [0.15, 0.2) is 5.78 Å². The summed E-state index contributed by atoms with van der Waals surface area (Å²) in [6.07, 6.45) is 3.99. The van der Waals surface area contributed by atoms with Crippen LogP contribution in [0.3, 0.4) is 0 Å². The Hall–Kier alpha value is -2.71. The number of Topliss-reactive ketones (excluding diaryl/α,β-unsaturated/α-hetero) is 1. The first-order valence-corrected chi connectivity index (χ1v) is 9.53. The molecule has 0 bridgehead atoms. The lowest BCUT2D eigenvalue weighted by Crippen LogP contribution is -2.49. The van der Waals surface area contributed by atoms with E-state index in [1.54, 1.807) is 11.1 Å². The molecule has 2 unspecified atom stereocenters. The second kappa shape index (κ2) is 9.48. The molecule has 1 aromatic heterocycles. The molecule has 3 N–H and O–H groups in total. The zero-order chi connectivity index (χ0) is 20.8. The Labute approximate surface area is 164 Å². The summed E-state index contributed by atoms with van der Waals surface area (Å²) in [5.74, 6) is -1.21. The first-order valence-electron chi connectivity index (χ1n) is 9.53. The SMILES string of the molecule is CC(=O)N[C@@H](Cc1c[nH]cn1)C(=O)N1CCC(C(=O)NC(C(C)=O)C(C)C)C1. The normalized spacial score (nSPS) is 18.6. The number of ketones is 1. The van der Waals surface area contributed by atoms with Crippen molar-refractivity contribution in [3.63, 3.8) is 0 Å². The predicted molar refractivity (Wildman–Crippen MR) is 102 cm³/mol. The van der Waals surface area contributed by atoms with Crippen LogP contribution in [0.4, 0.5) is 0 Å². The van der Waals surface area contributed by atoms with E-state index in [2.05, 4.69) is 20.6 Å². The molecule has 1 aliphatic heterocycles. The van der Waals surface area contributed by atoms with Gasteiger partial charge in [-0.2, -0.15) is 0 Å². The molecule has 28 heavy (non-hydrogen) atoms. The van der Waals surface area contributed by atoms with E-state index >= 15 is 0 Å². The van der Waals surface area contributed by atoms with E-state index in [4.69, 9.17) is 0 Å². The van der Waals surface area contributed by atoms with Gasteiger partial charge in [-0.25, -0.2) is 4.98 Å². The molecule has 0 spiro atoms. The lowest BCUT2D eigenvalue weighted by Gasteiger charge is -2.24. The molecule has 154 valence electrons. The number of nitrogens with zero attached hydrogens (tertiary/aromatic N) is 2. The van der Waals surface area contributed by atoms with Gasteiger partial charge in [-0.05, 0) is 19.3 Å². The molecule has 9 heteroatoms. The van der Waals surface area contributed by atoms with Crippen LogP contribution in [-0.4, -0.2) is 63.5 Å². The van der Waals surface area contributed by atoms with Gasteiger partial charge >= 0.3 is 0 Å². The van der Waals surface area contributed by atoms with Gasteiger partial charge in [-0.3, -0.25) is 19.2 Å². The first kappa shape index (κ1) is 21.6. The van der Waals surface area contributed by atoms with Crippen molar-refractivity contribution in [1.29, 1.82) is 0 Å². The van der Waals surface area contributed by atoms with Gasteiger partial charge in [0.25, 0.3) is 0 Å². The van der Waals surface area contributed by atoms with E-state index in [9.17, 15) is 19.2 Å². The van der Waals surface area contributed by atoms with Crippen LogP contribution in [0.15, 0.2) is 12.5 Å². The van der Waals surface area contributed by atoms with Crippen molar-refractivity contribution in [3.8, 4) is 0 Å². The highest BCUT2D eigenvalue weighted by atomic mass is 16.2. The summed E-state index contributed by atoms with van der Waals surface area (Å²) in [6.45, 7) is 7.28. The van der Waals surface area contributed by atoms with Crippen LogP contribution in [0.1, 0.15) is 39.8 Å². The highest BCUT2D eigenvalue weighted by molar-refractivity contribution is 5.90. The molecule has 1 aliphatic rings. The molecule has 0 saturated carbocycles. The van der Waals surface area contributed by atoms with Crippen LogP contribution in [-0.2, 0) is 25.6 Å². The highest BCUT2D eigenvalue weighted by Crippen LogP contribution is 2.19. The standard InChI is InChI=1S/C19H29N5O4/c1-11(2)17(12(3)25)23-18(27)14-5-6-24(9-14)19(28)16(22-13(4)26)7-15-8-20-10-21-15/h8,10-11,14,16-17H,5-7,9H2,1-4H3,(H,20,21)(H,22,26)(H,23,27)/t14?,16-,17?/m0/s1. The number of rotatable bonds is 8. The quantitative estimate of drug-likeness (QED) is 0.577.